The van der Waals surface area contributed by atoms with Crippen molar-refractivity contribution >= 4 is 39.0 Å². The number of nitrogens with zero attached hydrogens (tertiary/aromatic N) is 5. The molecule has 0 unspecified atom stereocenters. The van der Waals surface area contributed by atoms with Gasteiger partial charge in [0.2, 0.25) is 0 Å². The molecule has 1 aliphatic carbocycles. The van der Waals surface area contributed by atoms with Crippen LogP contribution in [0.15, 0.2) is 87.0 Å². The fraction of sp³-hybridized carbons (Fsp3) is 0.241. The van der Waals surface area contributed by atoms with Crippen LogP contribution >= 0.6 is 11.6 Å². The van der Waals surface area contributed by atoms with E-state index < -0.39 is 27.1 Å². The van der Waals surface area contributed by atoms with Crippen LogP contribution in [0.2, 0.25) is 0 Å². The molecule has 0 saturated carbocycles. The first-order valence-electron chi connectivity index (χ1n) is 12.7. The van der Waals surface area contributed by atoms with Crippen molar-refractivity contribution < 1.29 is 22.3 Å². The predicted molar refractivity (Wildman–Crippen MR) is 156 cm³/mol. The molecule has 0 fully saturated rings. The third kappa shape index (κ3) is 4.30. The number of hydrogen-bond donors (Lipinski definition) is 1. The van der Waals surface area contributed by atoms with E-state index in [0.717, 1.165) is 31.2 Å². The summed E-state index contributed by atoms with van der Waals surface area (Å²) in [5, 5.41) is 22.9. The Kier molecular flexibility index (Phi) is 6.08. The van der Waals surface area contributed by atoms with E-state index in [2.05, 4.69) is 10.2 Å². The molecule has 6 rings (SSSR count). The Hall–Kier alpha value is -3.80. The van der Waals surface area contributed by atoms with Crippen molar-refractivity contribution in [3.63, 3.8) is 0 Å². The number of hydrogen-bond acceptors (Lipinski definition) is 7. The topological polar surface area (TPSA) is 91.0 Å². The number of sulfone groups is 1. The van der Waals surface area contributed by atoms with Gasteiger partial charge in [0.1, 0.15) is 11.3 Å². The number of alkyl halides is 2. The number of hydrazone groups is 1. The molecule has 2 aromatic carbocycles. The van der Waals surface area contributed by atoms with Crippen LogP contribution in [0.4, 0.5) is 20.2 Å². The summed E-state index contributed by atoms with van der Waals surface area (Å²) in [5.41, 5.74) is 1.61. The van der Waals surface area contributed by atoms with E-state index in [4.69, 9.17) is 11.6 Å². The van der Waals surface area contributed by atoms with Crippen molar-refractivity contribution in [2.24, 2.45) is 12.1 Å². The smallest absolute Gasteiger partial charge is 0.321 e. The molecular formula is C29H26ClF2N5O3S. The van der Waals surface area contributed by atoms with E-state index in [1.807, 2.05) is 30.4 Å². The minimum atomic E-state index is -3.71. The molecule has 1 aromatic heterocycles. The molecule has 0 amide bonds. The number of allylic oxidation sites excluding steroid dienone is 6. The second-order valence-electron chi connectivity index (χ2n) is 10.7. The Labute approximate surface area is 241 Å². The summed E-state index contributed by atoms with van der Waals surface area (Å²) in [6.07, 6.45) is 8.71. The molecule has 8 nitrogen and oxygen atoms in total. The largest absolute Gasteiger partial charge is 0.384 e. The zero-order valence-electron chi connectivity index (χ0n) is 22.6. The monoisotopic (exact) mass is 597 g/mol. The van der Waals surface area contributed by atoms with Gasteiger partial charge < -0.3 is 5.11 Å². The molecule has 1 N–H and O–H groups in total. The molecule has 41 heavy (non-hydrogen) atoms. The Bertz CT molecular complexity index is 1850. The van der Waals surface area contributed by atoms with Gasteiger partial charge in [-0.25, -0.2) is 13.4 Å². The Morgan fingerprint density at radius 1 is 1.07 bits per heavy atom. The number of halogens is 3. The summed E-state index contributed by atoms with van der Waals surface area (Å²) in [6, 6.07) is 12.1. The number of hydrazine groups is 1. The minimum Gasteiger partial charge on any atom is -0.384 e. The maximum atomic E-state index is 15.7. The molecule has 2 aliphatic heterocycles. The van der Waals surface area contributed by atoms with E-state index in [-0.39, 0.29) is 10.6 Å². The van der Waals surface area contributed by atoms with E-state index in [0.29, 0.717) is 39.7 Å². The number of aliphatic hydroxyl groups is 1. The first-order chi connectivity index (χ1) is 19.2. The summed E-state index contributed by atoms with van der Waals surface area (Å²) in [4.78, 5) is 0.185. The highest BCUT2D eigenvalue weighted by Crippen LogP contribution is 2.53. The summed E-state index contributed by atoms with van der Waals surface area (Å²) in [7, 11) is -1.86. The highest BCUT2D eigenvalue weighted by Gasteiger charge is 2.54. The van der Waals surface area contributed by atoms with Gasteiger partial charge in [-0.05, 0) is 67.3 Å². The van der Waals surface area contributed by atoms with Crippen LogP contribution < -0.4 is 10.1 Å². The molecule has 212 valence electrons. The SMILES string of the molecule is Cn1nc(C(F)(F)C(C)(C)O)c2c1-c1ccc(-c3cccc(S(C)(=O)=O)c3)cc1N1C(=C3C=CC(Cl)=CC3)C=NN21. The Balaban J connectivity index is 1.61. The van der Waals surface area contributed by atoms with Crippen molar-refractivity contribution in [1.82, 2.24) is 9.78 Å². The number of fused-ring (bicyclic) bond motifs is 6. The summed E-state index contributed by atoms with van der Waals surface area (Å²) in [6.45, 7) is 2.09. The van der Waals surface area contributed by atoms with Crippen LogP contribution in [0.1, 0.15) is 26.0 Å². The van der Waals surface area contributed by atoms with Gasteiger partial charge in [0, 0.05) is 23.9 Å². The van der Waals surface area contributed by atoms with E-state index in [1.165, 1.54) is 15.9 Å². The third-order valence-corrected chi connectivity index (χ3v) is 8.75. The van der Waals surface area contributed by atoms with Gasteiger partial charge in [-0.1, -0.05) is 42.0 Å². The lowest BCUT2D eigenvalue weighted by molar-refractivity contribution is -0.170. The Morgan fingerprint density at radius 2 is 1.80 bits per heavy atom. The molecule has 0 saturated heterocycles. The first kappa shape index (κ1) is 27.4. The van der Waals surface area contributed by atoms with Crippen molar-refractivity contribution in [2.45, 2.75) is 36.7 Å². The third-order valence-electron chi connectivity index (χ3n) is 7.36. The van der Waals surface area contributed by atoms with Crippen LogP contribution in [0, 0.1) is 0 Å². The number of rotatable bonds is 4. The van der Waals surface area contributed by atoms with Gasteiger partial charge in [0.05, 0.1) is 28.2 Å². The van der Waals surface area contributed by atoms with Gasteiger partial charge in [-0.15, -0.1) is 0 Å². The standard InChI is InChI=1S/C29H26ClF2N5O3S/c1-28(2,38)29(31,32)27-26-25(35(3)34-27)22-13-10-19(18-6-5-7-21(14-18)41(4,39)40)15-23(22)36-24(16-33-37(26)36)17-8-11-20(30)12-9-17/h5-8,10-16,38H,9H2,1-4H3. The Morgan fingerprint density at radius 3 is 2.46 bits per heavy atom. The summed E-state index contributed by atoms with van der Waals surface area (Å²) < 4.78 is 57.2. The summed E-state index contributed by atoms with van der Waals surface area (Å²) in [5.74, 6) is -3.71. The van der Waals surface area contributed by atoms with Crippen LogP contribution in [-0.2, 0) is 22.8 Å². The molecule has 12 heteroatoms. The van der Waals surface area contributed by atoms with Gasteiger partial charge >= 0.3 is 5.92 Å². The highest BCUT2D eigenvalue weighted by molar-refractivity contribution is 7.90. The average Bonchev–Trinajstić information content (AvgIpc) is 3.50. The molecule has 0 atom stereocenters. The lowest BCUT2D eigenvalue weighted by atomic mass is 9.93. The first-order valence-corrected chi connectivity index (χ1v) is 15.0. The van der Waals surface area contributed by atoms with Crippen molar-refractivity contribution in [3.05, 3.63) is 82.7 Å². The van der Waals surface area contributed by atoms with E-state index in [1.54, 1.807) is 42.5 Å². The predicted octanol–water partition coefficient (Wildman–Crippen LogP) is 5.90. The van der Waals surface area contributed by atoms with Gasteiger partial charge in [0.15, 0.2) is 15.5 Å². The number of aromatic nitrogens is 2. The summed E-state index contributed by atoms with van der Waals surface area (Å²) >= 11 is 6.16. The molecule has 3 aliphatic rings. The van der Waals surface area contributed by atoms with Crippen LogP contribution in [0.3, 0.4) is 0 Å². The second kappa shape index (κ2) is 9.10. The van der Waals surface area contributed by atoms with Crippen LogP contribution in [0.25, 0.3) is 22.4 Å². The lowest BCUT2D eigenvalue weighted by Gasteiger charge is -2.37. The number of aryl methyl sites for hydroxylation is 1. The fourth-order valence-electron chi connectivity index (χ4n) is 5.14. The number of benzene rings is 2. The molecule has 0 spiro atoms. The lowest BCUT2D eigenvalue weighted by Crippen LogP contribution is -2.43. The molecule has 0 radical (unpaired) electrons. The van der Waals surface area contributed by atoms with Gasteiger partial charge in [0.25, 0.3) is 0 Å². The minimum absolute atomic E-state index is 0.0548. The van der Waals surface area contributed by atoms with Gasteiger partial charge in [-0.3, -0.25) is 4.68 Å². The number of anilines is 2. The molecule has 3 aromatic rings. The van der Waals surface area contributed by atoms with Crippen molar-refractivity contribution in [3.8, 4) is 22.4 Å². The van der Waals surface area contributed by atoms with Crippen molar-refractivity contribution in [1.29, 1.82) is 0 Å². The zero-order chi connectivity index (χ0) is 29.5. The zero-order valence-corrected chi connectivity index (χ0v) is 24.2. The maximum absolute atomic E-state index is 15.7. The second-order valence-corrected chi connectivity index (χ2v) is 13.2. The fourth-order valence-corrected chi connectivity index (χ4v) is 5.95. The molecule has 0 bridgehead atoms. The quantitative estimate of drug-likeness (QED) is 0.403. The van der Waals surface area contributed by atoms with Gasteiger partial charge in [-0.2, -0.15) is 24.1 Å². The maximum Gasteiger partial charge on any atom is 0.321 e. The molecule has 3 heterocycles. The molecular weight excluding hydrogens is 572 g/mol. The van der Waals surface area contributed by atoms with Crippen molar-refractivity contribution in [2.75, 3.05) is 16.4 Å². The average molecular weight is 598 g/mol. The van der Waals surface area contributed by atoms with E-state index in [9.17, 15) is 13.5 Å². The van der Waals surface area contributed by atoms with E-state index >= 15 is 8.78 Å². The normalized spacial score (nSPS) is 18.4. The van der Waals surface area contributed by atoms with Crippen LogP contribution in [-0.4, -0.2) is 41.4 Å². The van der Waals surface area contributed by atoms with Crippen LogP contribution in [0.5, 0.6) is 0 Å². The highest BCUT2D eigenvalue weighted by atomic mass is 35.5.